The van der Waals surface area contributed by atoms with Crippen LogP contribution in [0.15, 0.2) is 58.3 Å². The number of rotatable bonds is 3. The number of aromatic nitrogens is 2. The molecule has 0 radical (unpaired) electrons. The number of fused-ring (bicyclic) bond motifs is 4. The molecule has 0 saturated carbocycles. The lowest BCUT2D eigenvalue weighted by atomic mass is 9.79. The van der Waals surface area contributed by atoms with Crippen molar-refractivity contribution in [2.24, 2.45) is 4.99 Å². The summed E-state index contributed by atoms with van der Waals surface area (Å²) in [6, 6.07) is 16.9. The predicted molar refractivity (Wildman–Crippen MR) is 129 cm³/mol. The number of hydrogen-bond donors (Lipinski definition) is 2. The highest BCUT2D eigenvalue weighted by molar-refractivity contribution is 6.00. The number of nitrogens with zero attached hydrogens (tertiary/aromatic N) is 3. The molecule has 2 atom stereocenters. The fraction of sp³-hybridized carbons (Fsp3) is 0.423. The van der Waals surface area contributed by atoms with Crippen molar-refractivity contribution in [3.63, 3.8) is 0 Å². The van der Waals surface area contributed by atoms with Gasteiger partial charge in [-0.05, 0) is 48.9 Å². The average molecular weight is 444 g/mol. The molecule has 6 rings (SSSR count). The highest BCUT2D eigenvalue weighted by Crippen LogP contribution is 2.39. The largest absolute Gasteiger partial charge is 0.326 e. The van der Waals surface area contributed by atoms with Crippen molar-refractivity contribution >= 4 is 22.8 Å². The molecule has 0 bridgehead atoms. The highest BCUT2D eigenvalue weighted by Gasteiger charge is 2.35. The lowest BCUT2D eigenvalue weighted by molar-refractivity contribution is -0.121. The maximum atomic E-state index is 12.8. The number of amides is 1. The quantitative estimate of drug-likeness (QED) is 0.653. The number of H-pyrrole nitrogens is 1. The molecule has 3 aromatic rings. The van der Waals surface area contributed by atoms with Gasteiger partial charge in [0.15, 0.2) is 0 Å². The van der Waals surface area contributed by atoms with Gasteiger partial charge in [-0.15, -0.1) is 0 Å². The fourth-order valence-corrected chi connectivity index (χ4v) is 5.96. The van der Waals surface area contributed by atoms with Crippen LogP contribution in [0.1, 0.15) is 48.8 Å². The lowest BCUT2D eigenvalue weighted by Gasteiger charge is -2.32. The number of aryl methyl sites for hydroxylation is 1. The van der Waals surface area contributed by atoms with Gasteiger partial charge in [-0.2, -0.15) is 0 Å². The smallest absolute Gasteiger partial charge is 0.313 e. The Morgan fingerprint density at radius 2 is 1.85 bits per heavy atom. The molecule has 7 heteroatoms. The molecule has 1 saturated heterocycles. The number of benzene rings is 2. The third-order valence-corrected chi connectivity index (χ3v) is 7.56. The summed E-state index contributed by atoms with van der Waals surface area (Å²) >= 11 is 0. The lowest BCUT2D eigenvalue weighted by Crippen LogP contribution is -2.44. The van der Waals surface area contributed by atoms with E-state index < -0.39 is 0 Å². The first-order valence-electron chi connectivity index (χ1n) is 12.0. The maximum absolute atomic E-state index is 12.8. The van der Waals surface area contributed by atoms with Crippen molar-refractivity contribution in [1.82, 2.24) is 19.8 Å². The molecule has 3 aliphatic rings. The first-order valence-corrected chi connectivity index (χ1v) is 12.0. The van der Waals surface area contributed by atoms with E-state index in [9.17, 15) is 9.59 Å². The molecule has 3 heterocycles. The zero-order valence-electron chi connectivity index (χ0n) is 18.7. The normalized spacial score (nSPS) is 23.2. The number of amidine groups is 1. The first-order chi connectivity index (χ1) is 16.2. The van der Waals surface area contributed by atoms with Crippen LogP contribution in [0.5, 0.6) is 0 Å². The third kappa shape index (κ3) is 3.80. The van der Waals surface area contributed by atoms with Crippen molar-refractivity contribution in [2.45, 2.75) is 50.1 Å². The van der Waals surface area contributed by atoms with Crippen LogP contribution in [0.4, 0.5) is 0 Å². The number of carbonyl (C=O) groups is 1. The molecule has 2 aromatic carbocycles. The highest BCUT2D eigenvalue weighted by atomic mass is 16.2. The molecular formula is C26H29N5O2. The second-order valence-electron chi connectivity index (χ2n) is 9.56. The summed E-state index contributed by atoms with van der Waals surface area (Å²) in [6.45, 7) is 1.98. The fourth-order valence-electron chi connectivity index (χ4n) is 5.96. The van der Waals surface area contributed by atoms with E-state index >= 15 is 0 Å². The van der Waals surface area contributed by atoms with Crippen molar-refractivity contribution in [3.05, 3.63) is 70.1 Å². The summed E-state index contributed by atoms with van der Waals surface area (Å²) in [5.41, 5.74) is 4.62. The molecule has 1 fully saturated rings. The summed E-state index contributed by atoms with van der Waals surface area (Å²) in [4.78, 5) is 35.2. The van der Waals surface area contributed by atoms with Gasteiger partial charge in [-0.1, -0.05) is 36.4 Å². The SMILES string of the molecule is O=C(CN1CCC(n2c(=O)[nH]c3ccccc32)CC1)NC1=NC2CCc3ccccc3C2C1. The van der Waals surface area contributed by atoms with Crippen LogP contribution in [0, 0.1) is 0 Å². The summed E-state index contributed by atoms with van der Waals surface area (Å²) < 4.78 is 1.89. The zero-order chi connectivity index (χ0) is 22.4. The molecule has 1 amide bonds. The van der Waals surface area contributed by atoms with Crippen molar-refractivity contribution in [3.8, 4) is 0 Å². The van der Waals surface area contributed by atoms with Gasteiger partial charge < -0.3 is 10.3 Å². The van der Waals surface area contributed by atoms with Crippen LogP contribution in [0.25, 0.3) is 11.0 Å². The second-order valence-corrected chi connectivity index (χ2v) is 9.56. The van der Waals surface area contributed by atoms with Gasteiger partial charge in [0.05, 0.1) is 23.6 Å². The molecule has 1 aliphatic carbocycles. The molecule has 0 spiro atoms. The predicted octanol–water partition coefficient (Wildman–Crippen LogP) is 2.98. The van der Waals surface area contributed by atoms with Crippen LogP contribution in [0.3, 0.4) is 0 Å². The summed E-state index contributed by atoms with van der Waals surface area (Å²) in [6.07, 6.45) is 4.66. The molecule has 170 valence electrons. The van der Waals surface area contributed by atoms with E-state index in [2.05, 4.69) is 39.5 Å². The van der Waals surface area contributed by atoms with E-state index in [0.29, 0.717) is 18.5 Å². The van der Waals surface area contributed by atoms with Crippen LogP contribution in [-0.4, -0.2) is 51.9 Å². The van der Waals surface area contributed by atoms with Gasteiger partial charge >= 0.3 is 5.69 Å². The van der Waals surface area contributed by atoms with E-state index in [1.165, 1.54) is 11.1 Å². The monoisotopic (exact) mass is 443 g/mol. The average Bonchev–Trinajstić information content (AvgIpc) is 3.39. The Hall–Kier alpha value is -3.19. The van der Waals surface area contributed by atoms with Gasteiger partial charge in [0.25, 0.3) is 0 Å². The number of para-hydroxylation sites is 2. The minimum atomic E-state index is -0.0466. The number of aliphatic imine (C=N–C) groups is 1. The minimum Gasteiger partial charge on any atom is -0.313 e. The summed E-state index contributed by atoms with van der Waals surface area (Å²) in [5.74, 6) is 1.26. The number of aromatic amines is 1. The molecule has 2 aliphatic heterocycles. The maximum Gasteiger partial charge on any atom is 0.326 e. The second kappa shape index (κ2) is 8.30. The van der Waals surface area contributed by atoms with E-state index in [1.54, 1.807) is 0 Å². The van der Waals surface area contributed by atoms with Gasteiger partial charge in [0, 0.05) is 31.5 Å². The summed E-state index contributed by atoms with van der Waals surface area (Å²) in [7, 11) is 0. The van der Waals surface area contributed by atoms with Gasteiger partial charge in [-0.3, -0.25) is 19.3 Å². The number of carbonyl (C=O) groups excluding carboxylic acids is 1. The van der Waals surface area contributed by atoms with Crippen molar-refractivity contribution in [2.75, 3.05) is 19.6 Å². The molecule has 7 nitrogen and oxygen atoms in total. The van der Waals surface area contributed by atoms with Crippen LogP contribution < -0.4 is 11.0 Å². The zero-order valence-corrected chi connectivity index (χ0v) is 18.7. The molecular weight excluding hydrogens is 414 g/mol. The molecule has 2 N–H and O–H groups in total. The van der Waals surface area contributed by atoms with E-state index in [1.807, 2.05) is 28.8 Å². The number of likely N-dealkylation sites (tertiary alicyclic amines) is 1. The summed E-state index contributed by atoms with van der Waals surface area (Å²) in [5, 5.41) is 3.09. The topological polar surface area (TPSA) is 82.5 Å². The number of piperidine rings is 1. The standard InChI is InChI=1S/C26H29N5O2/c32-25(29-24-15-20-19-6-2-1-5-17(19)9-10-21(20)27-24)16-30-13-11-18(12-14-30)31-23-8-4-3-7-22(23)28-26(31)33/h1-8,18,20-21H,9-16H2,(H,28,33)(H,27,29,32). The van der Waals surface area contributed by atoms with Gasteiger partial charge in [0.2, 0.25) is 5.91 Å². The molecule has 2 unspecified atom stereocenters. The Kier molecular flexibility index (Phi) is 5.14. The minimum absolute atomic E-state index is 0.0170. The van der Waals surface area contributed by atoms with Crippen molar-refractivity contribution < 1.29 is 4.79 Å². The van der Waals surface area contributed by atoms with E-state index in [0.717, 1.165) is 62.1 Å². The van der Waals surface area contributed by atoms with E-state index in [4.69, 9.17) is 4.99 Å². The molecule has 1 aromatic heterocycles. The van der Waals surface area contributed by atoms with Gasteiger partial charge in [-0.25, -0.2) is 4.79 Å². The first kappa shape index (κ1) is 20.4. The Morgan fingerprint density at radius 3 is 2.73 bits per heavy atom. The van der Waals surface area contributed by atoms with Crippen LogP contribution >= 0.6 is 0 Å². The van der Waals surface area contributed by atoms with E-state index in [-0.39, 0.29) is 17.6 Å². The van der Waals surface area contributed by atoms with Gasteiger partial charge in [0.1, 0.15) is 5.84 Å². The van der Waals surface area contributed by atoms with Crippen LogP contribution in [-0.2, 0) is 11.2 Å². The Balaban J connectivity index is 1.05. The Bertz CT molecular complexity index is 1280. The number of imidazole rings is 1. The Morgan fingerprint density at radius 1 is 1.06 bits per heavy atom. The number of nitrogens with one attached hydrogen (secondary N) is 2. The number of hydrogen-bond acceptors (Lipinski definition) is 4. The molecule has 33 heavy (non-hydrogen) atoms. The third-order valence-electron chi connectivity index (χ3n) is 7.56. The Labute approximate surface area is 192 Å². The van der Waals surface area contributed by atoms with Crippen molar-refractivity contribution in [1.29, 1.82) is 0 Å². The van der Waals surface area contributed by atoms with Crippen LogP contribution in [0.2, 0.25) is 0 Å².